The van der Waals surface area contributed by atoms with Gasteiger partial charge >= 0.3 is 0 Å². The van der Waals surface area contributed by atoms with Crippen molar-refractivity contribution in [2.24, 2.45) is 0 Å². The lowest BCUT2D eigenvalue weighted by atomic mass is 10.1. The van der Waals surface area contributed by atoms with Crippen molar-refractivity contribution in [2.75, 3.05) is 26.2 Å². The fraction of sp³-hybridized carbons (Fsp3) is 0.250. The molecule has 0 saturated carbocycles. The van der Waals surface area contributed by atoms with Gasteiger partial charge in [0.05, 0.1) is 15.6 Å². The molecule has 0 atom stereocenters. The molecule has 5 nitrogen and oxygen atoms in total. The van der Waals surface area contributed by atoms with Crippen LogP contribution in [0.25, 0.3) is 0 Å². The van der Waals surface area contributed by atoms with Gasteiger partial charge in [-0.25, -0.2) is 0 Å². The van der Waals surface area contributed by atoms with Crippen LogP contribution in [0.5, 0.6) is 0 Å². The molecule has 3 rings (SSSR count). The Hall–Kier alpha value is -1.69. The SMILES string of the molecule is O=C(c1cc(Cl)c[nH]1)N1CCN(C(=O)c2ccc(Cl)cc2Cl)CC1. The first-order valence-corrected chi connectivity index (χ1v) is 8.46. The minimum atomic E-state index is -0.160. The Kier molecular flexibility index (Phi) is 5.04. The Labute approximate surface area is 154 Å². The van der Waals surface area contributed by atoms with Crippen molar-refractivity contribution >= 4 is 46.6 Å². The van der Waals surface area contributed by atoms with Gasteiger partial charge in [-0.05, 0) is 24.3 Å². The van der Waals surface area contributed by atoms with E-state index in [0.29, 0.717) is 52.5 Å². The molecule has 1 aromatic carbocycles. The van der Waals surface area contributed by atoms with E-state index in [1.807, 2.05) is 0 Å². The Morgan fingerprint density at radius 3 is 2.04 bits per heavy atom. The molecule has 0 spiro atoms. The molecule has 1 saturated heterocycles. The van der Waals surface area contributed by atoms with Crippen LogP contribution in [0.4, 0.5) is 0 Å². The summed E-state index contributed by atoms with van der Waals surface area (Å²) in [6, 6.07) is 6.39. The van der Waals surface area contributed by atoms with Gasteiger partial charge in [-0.2, -0.15) is 0 Å². The lowest BCUT2D eigenvalue weighted by Crippen LogP contribution is -2.50. The van der Waals surface area contributed by atoms with Crippen LogP contribution < -0.4 is 0 Å². The van der Waals surface area contributed by atoms with Gasteiger partial charge in [-0.15, -0.1) is 0 Å². The third kappa shape index (κ3) is 3.53. The van der Waals surface area contributed by atoms with Crippen LogP contribution in [0.15, 0.2) is 30.5 Å². The van der Waals surface area contributed by atoms with Crippen molar-refractivity contribution in [2.45, 2.75) is 0 Å². The molecule has 2 aromatic rings. The Balaban J connectivity index is 1.64. The normalized spacial score (nSPS) is 14.8. The predicted octanol–water partition coefficient (Wildman–Crippen LogP) is 3.57. The van der Waals surface area contributed by atoms with E-state index in [9.17, 15) is 9.59 Å². The third-order valence-electron chi connectivity index (χ3n) is 3.89. The second-order valence-electron chi connectivity index (χ2n) is 5.44. The molecule has 1 fully saturated rings. The largest absolute Gasteiger partial charge is 0.356 e. The summed E-state index contributed by atoms with van der Waals surface area (Å²) < 4.78 is 0. The maximum atomic E-state index is 12.6. The molecule has 126 valence electrons. The summed E-state index contributed by atoms with van der Waals surface area (Å²) in [5.41, 5.74) is 0.859. The molecule has 8 heteroatoms. The van der Waals surface area contributed by atoms with Crippen molar-refractivity contribution < 1.29 is 9.59 Å². The maximum Gasteiger partial charge on any atom is 0.270 e. The molecular weight excluding hydrogens is 373 g/mol. The Morgan fingerprint density at radius 1 is 0.875 bits per heavy atom. The molecule has 1 aliphatic rings. The van der Waals surface area contributed by atoms with E-state index >= 15 is 0 Å². The molecule has 0 unspecified atom stereocenters. The van der Waals surface area contributed by atoms with Crippen LogP contribution in [0.2, 0.25) is 15.1 Å². The molecule has 0 aliphatic carbocycles. The van der Waals surface area contributed by atoms with E-state index in [1.165, 1.54) is 0 Å². The molecule has 0 bridgehead atoms. The highest BCUT2D eigenvalue weighted by molar-refractivity contribution is 6.36. The van der Waals surface area contributed by atoms with Gasteiger partial charge in [0.25, 0.3) is 11.8 Å². The van der Waals surface area contributed by atoms with Gasteiger partial charge in [0.15, 0.2) is 0 Å². The average Bonchev–Trinajstić information content (AvgIpc) is 3.00. The number of aromatic amines is 1. The zero-order chi connectivity index (χ0) is 17.3. The summed E-state index contributed by atoms with van der Waals surface area (Å²) in [6.45, 7) is 1.79. The first-order chi connectivity index (χ1) is 11.5. The quantitative estimate of drug-likeness (QED) is 0.858. The average molecular weight is 387 g/mol. The summed E-state index contributed by atoms with van der Waals surface area (Å²) >= 11 is 17.8. The number of hydrogen-bond acceptors (Lipinski definition) is 2. The van der Waals surface area contributed by atoms with Crippen LogP contribution in [0.1, 0.15) is 20.8 Å². The number of hydrogen-bond donors (Lipinski definition) is 1. The highest BCUT2D eigenvalue weighted by Gasteiger charge is 2.27. The smallest absolute Gasteiger partial charge is 0.270 e. The van der Waals surface area contributed by atoms with Crippen LogP contribution in [0.3, 0.4) is 0 Å². The van der Waals surface area contributed by atoms with Crippen LogP contribution in [-0.4, -0.2) is 52.8 Å². The minimum Gasteiger partial charge on any atom is -0.356 e. The molecule has 1 N–H and O–H groups in total. The monoisotopic (exact) mass is 385 g/mol. The Morgan fingerprint density at radius 2 is 1.50 bits per heavy atom. The van der Waals surface area contributed by atoms with E-state index in [0.717, 1.165) is 0 Å². The highest BCUT2D eigenvalue weighted by atomic mass is 35.5. The van der Waals surface area contributed by atoms with Gasteiger partial charge in [0.2, 0.25) is 0 Å². The summed E-state index contributed by atoms with van der Waals surface area (Å²) in [7, 11) is 0. The fourth-order valence-corrected chi connectivity index (χ4v) is 3.26. The molecule has 24 heavy (non-hydrogen) atoms. The lowest BCUT2D eigenvalue weighted by Gasteiger charge is -2.34. The molecule has 0 radical (unpaired) electrons. The number of carbonyl (C=O) groups excluding carboxylic acids is 2. The summed E-state index contributed by atoms with van der Waals surface area (Å²) in [5.74, 6) is -0.287. The van der Waals surface area contributed by atoms with Crippen molar-refractivity contribution in [3.8, 4) is 0 Å². The van der Waals surface area contributed by atoms with Gasteiger partial charge in [-0.1, -0.05) is 34.8 Å². The minimum absolute atomic E-state index is 0.126. The Bertz CT molecular complexity index is 783. The number of amides is 2. The maximum absolute atomic E-state index is 12.6. The number of nitrogens with one attached hydrogen (secondary N) is 1. The molecular formula is C16H14Cl3N3O2. The number of halogens is 3. The molecule has 2 amide bonds. The molecule has 1 aliphatic heterocycles. The number of benzene rings is 1. The van der Waals surface area contributed by atoms with Gasteiger partial charge in [0, 0.05) is 37.4 Å². The summed E-state index contributed by atoms with van der Waals surface area (Å²) in [4.78, 5) is 31.1. The van der Waals surface area contributed by atoms with Crippen LogP contribution in [0, 0.1) is 0 Å². The number of rotatable bonds is 2. The van der Waals surface area contributed by atoms with Gasteiger partial charge in [-0.3, -0.25) is 9.59 Å². The zero-order valence-electron chi connectivity index (χ0n) is 12.6. The number of piperazine rings is 1. The van der Waals surface area contributed by atoms with E-state index in [1.54, 1.807) is 40.3 Å². The van der Waals surface area contributed by atoms with E-state index < -0.39 is 0 Å². The van der Waals surface area contributed by atoms with Crippen molar-refractivity contribution in [1.29, 1.82) is 0 Å². The fourth-order valence-electron chi connectivity index (χ4n) is 2.61. The molecule has 1 aromatic heterocycles. The van der Waals surface area contributed by atoms with Crippen molar-refractivity contribution in [1.82, 2.24) is 14.8 Å². The van der Waals surface area contributed by atoms with E-state index in [-0.39, 0.29) is 11.8 Å². The first-order valence-electron chi connectivity index (χ1n) is 7.33. The van der Waals surface area contributed by atoms with Crippen molar-refractivity contribution in [3.63, 3.8) is 0 Å². The molecule has 2 heterocycles. The van der Waals surface area contributed by atoms with Crippen LogP contribution >= 0.6 is 34.8 Å². The topological polar surface area (TPSA) is 56.4 Å². The summed E-state index contributed by atoms with van der Waals surface area (Å²) in [6.07, 6.45) is 1.57. The second-order valence-corrected chi connectivity index (χ2v) is 6.72. The number of nitrogens with zero attached hydrogens (tertiary/aromatic N) is 2. The second kappa shape index (κ2) is 7.05. The third-order valence-corrected chi connectivity index (χ3v) is 4.66. The highest BCUT2D eigenvalue weighted by Crippen LogP contribution is 2.23. The zero-order valence-corrected chi connectivity index (χ0v) is 14.8. The number of H-pyrrole nitrogens is 1. The van der Waals surface area contributed by atoms with Crippen molar-refractivity contribution in [3.05, 3.63) is 56.8 Å². The summed E-state index contributed by atoms with van der Waals surface area (Å²) in [5, 5.41) is 1.30. The lowest BCUT2D eigenvalue weighted by molar-refractivity contribution is 0.0533. The number of carbonyl (C=O) groups is 2. The predicted molar refractivity (Wildman–Crippen MR) is 94.1 cm³/mol. The first kappa shape index (κ1) is 17.1. The van der Waals surface area contributed by atoms with E-state index in [2.05, 4.69) is 4.98 Å². The standard InChI is InChI=1S/C16H14Cl3N3O2/c17-10-1-2-12(13(19)7-10)15(23)21-3-5-22(6-4-21)16(24)14-8-11(18)9-20-14/h1-2,7-9,20H,3-6H2. The van der Waals surface area contributed by atoms with Gasteiger partial charge in [0.1, 0.15) is 5.69 Å². The van der Waals surface area contributed by atoms with E-state index in [4.69, 9.17) is 34.8 Å². The van der Waals surface area contributed by atoms with Crippen LogP contribution in [-0.2, 0) is 0 Å². The van der Waals surface area contributed by atoms with Gasteiger partial charge < -0.3 is 14.8 Å². The number of aromatic nitrogens is 1.